The average Bonchev–Trinajstić information content (AvgIpc) is 2.38. The fourth-order valence-electron chi connectivity index (χ4n) is 1.51. The molecule has 0 unspecified atom stereocenters. The lowest BCUT2D eigenvalue weighted by molar-refractivity contribution is -0.113. The molecule has 0 spiro atoms. The van der Waals surface area contributed by atoms with Gasteiger partial charge in [-0.25, -0.2) is 4.79 Å². The van der Waals surface area contributed by atoms with E-state index in [9.17, 15) is 14.7 Å². The van der Waals surface area contributed by atoms with Gasteiger partial charge >= 0.3 is 5.97 Å². The highest BCUT2D eigenvalue weighted by Crippen LogP contribution is 2.24. The molecule has 0 saturated carbocycles. The van der Waals surface area contributed by atoms with Crippen LogP contribution in [0.3, 0.4) is 0 Å². The number of ether oxygens (including phenoxy) is 1. The van der Waals surface area contributed by atoms with Crippen LogP contribution in [-0.4, -0.2) is 23.0 Å². The maximum Gasteiger partial charge on any atom is 0.339 e. The van der Waals surface area contributed by atoms with Gasteiger partial charge in [0.05, 0.1) is 22.4 Å². The van der Waals surface area contributed by atoms with Gasteiger partial charge in [-0.3, -0.25) is 4.79 Å². The van der Waals surface area contributed by atoms with Crippen LogP contribution in [0.2, 0.25) is 5.02 Å². The van der Waals surface area contributed by atoms with Crippen LogP contribution in [0.5, 0.6) is 0 Å². The van der Waals surface area contributed by atoms with Crippen LogP contribution in [0.15, 0.2) is 39.9 Å². The van der Waals surface area contributed by atoms with Crippen molar-refractivity contribution in [2.24, 2.45) is 10.2 Å². The summed E-state index contributed by atoms with van der Waals surface area (Å²) >= 11 is 5.96. The second-order valence-electron chi connectivity index (χ2n) is 4.81. The molecule has 0 aromatic heterocycles. The molecule has 0 radical (unpaired) electrons. The molecule has 118 valence electrons. The molecular weight excluding hydrogens is 308 g/mol. The Morgan fingerprint density at radius 2 is 1.91 bits per heavy atom. The zero-order valence-corrected chi connectivity index (χ0v) is 13.5. The Labute approximate surface area is 133 Å². The second kappa shape index (κ2) is 7.70. The van der Waals surface area contributed by atoms with Gasteiger partial charge in [-0.05, 0) is 39.0 Å². The monoisotopic (exact) mass is 324 g/mol. The number of halogens is 1. The highest BCUT2D eigenvalue weighted by Gasteiger charge is 2.14. The van der Waals surface area contributed by atoms with Crippen molar-refractivity contribution in [1.29, 1.82) is 0 Å². The third-order valence-electron chi connectivity index (χ3n) is 2.45. The van der Waals surface area contributed by atoms with E-state index in [1.807, 2.05) is 0 Å². The maximum atomic E-state index is 11.9. The first-order valence-corrected chi connectivity index (χ1v) is 6.93. The van der Waals surface area contributed by atoms with Gasteiger partial charge in [0.2, 0.25) is 0 Å². The Kier molecular flexibility index (Phi) is 6.24. The normalized spacial score (nSPS) is 12.5. The molecule has 0 bridgehead atoms. The summed E-state index contributed by atoms with van der Waals surface area (Å²) in [6.07, 6.45) is -0.280. The van der Waals surface area contributed by atoms with Gasteiger partial charge < -0.3 is 9.84 Å². The predicted octanol–water partition coefficient (Wildman–Crippen LogP) is 4.37. The molecular formula is C15H17ClN2O4. The molecule has 1 aromatic carbocycles. The van der Waals surface area contributed by atoms with Crippen LogP contribution in [0.1, 0.15) is 38.1 Å². The molecule has 6 nitrogen and oxygen atoms in total. The lowest BCUT2D eigenvalue weighted by atomic mass is 10.2. The third kappa shape index (κ3) is 4.96. The van der Waals surface area contributed by atoms with Crippen molar-refractivity contribution in [1.82, 2.24) is 0 Å². The number of azo groups is 1. The molecule has 22 heavy (non-hydrogen) atoms. The van der Waals surface area contributed by atoms with E-state index in [-0.39, 0.29) is 28.1 Å². The summed E-state index contributed by atoms with van der Waals surface area (Å²) in [5.41, 5.74) is 0.308. The van der Waals surface area contributed by atoms with Crippen LogP contribution in [0.25, 0.3) is 0 Å². The van der Waals surface area contributed by atoms with Crippen LogP contribution in [0.4, 0.5) is 5.69 Å². The molecule has 0 amide bonds. The number of aliphatic hydroxyl groups is 1. The first-order valence-electron chi connectivity index (χ1n) is 6.55. The second-order valence-corrected chi connectivity index (χ2v) is 5.22. The summed E-state index contributed by atoms with van der Waals surface area (Å²) in [4.78, 5) is 23.2. The molecule has 1 aromatic rings. The van der Waals surface area contributed by atoms with Crippen molar-refractivity contribution in [2.45, 2.75) is 33.8 Å². The third-order valence-corrected chi connectivity index (χ3v) is 2.78. The van der Waals surface area contributed by atoms with Crippen LogP contribution >= 0.6 is 11.6 Å². The van der Waals surface area contributed by atoms with E-state index in [1.165, 1.54) is 32.0 Å². The molecule has 7 heteroatoms. The van der Waals surface area contributed by atoms with Crippen LogP contribution in [0, 0.1) is 0 Å². The molecule has 0 fully saturated rings. The van der Waals surface area contributed by atoms with E-state index < -0.39 is 11.8 Å². The SMILES string of the molecule is CC(=O)/C(N=Nc1ccc(Cl)c(C(=O)OC(C)C)c1)=C(/C)O. The van der Waals surface area contributed by atoms with Crippen molar-refractivity contribution in [2.75, 3.05) is 0 Å². The minimum Gasteiger partial charge on any atom is -0.510 e. The highest BCUT2D eigenvalue weighted by atomic mass is 35.5. The fraction of sp³-hybridized carbons (Fsp3) is 0.333. The number of nitrogens with zero attached hydrogens (tertiary/aromatic N) is 2. The first kappa shape index (κ1) is 17.8. The van der Waals surface area contributed by atoms with E-state index in [1.54, 1.807) is 13.8 Å². The fourth-order valence-corrected chi connectivity index (χ4v) is 1.71. The van der Waals surface area contributed by atoms with Crippen LogP contribution < -0.4 is 0 Å². The molecule has 0 aliphatic carbocycles. The smallest absolute Gasteiger partial charge is 0.339 e. The quantitative estimate of drug-likeness (QED) is 0.377. The average molecular weight is 325 g/mol. The summed E-state index contributed by atoms with van der Waals surface area (Å²) in [5, 5.41) is 17.1. The molecule has 0 atom stereocenters. The van der Waals surface area contributed by atoms with Crippen molar-refractivity contribution in [3.05, 3.63) is 40.2 Å². The summed E-state index contributed by atoms with van der Waals surface area (Å²) in [6.45, 7) is 6.05. The molecule has 0 aliphatic rings. The van der Waals surface area contributed by atoms with Crippen LogP contribution in [-0.2, 0) is 9.53 Å². The number of rotatable bonds is 5. The standard InChI is InChI=1S/C15H17ClN2O4/c1-8(2)22-15(21)12-7-11(5-6-13(12)16)17-18-14(9(3)19)10(4)20/h5-8,19H,1-4H3/b14-9+,18-17?. The van der Waals surface area contributed by atoms with Crippen molar-refractivity contribution in [3.63, 3.8) is 0 Å². The zero-order chi connectivity index (χ0) is 16.9. The van der Waals surface area contributed by atoms with Gasteiger partial charge in [-0.1, -0.05) is 11.6 Å². The molecule has 1 rings (SSSR count). The minimum absolute atomic E-state index is 0.152. The summed E-state index contributed by atoms with van der Waals surface area (Å²) in [5.74, 6) is -1.22. The Balaban J connectivity index is 3.11. The number of hydrogen-bond donors (Lipinski definition) is 1. The zero-order valence-electron chi connectivity index (χ0n) is 12.8. The lowest BCUT2D eigenvalue weighted by Gasteiger charge is -2.09. The number of Topliss-reactive ketones (excluding diaryl/α,β-unsaturated/α-hetero) is 1. The van der Waals surface area contributed by atoms with E-state index in [0.29, 0.717) is 5.69 Å². The molecule has 0 saturated heterocycles. The number of ketones is 1. The van der Waals surface area contributed by atoms with E-state index in [4.69, 9.17) is 16.3 Å². The Morgan fingerprint density at radius 1 is 1.27 bits per heavy atom. The maximum absolute atomic E-state index is 11.9. The minimum atomic E-state index is -0.572. The number of aliphatic hydroxyl groups excluding tert-OH is 1. The van der Waals surface area contributed by atoms with Crippen molar-refractivity contribution in [3.8, 4) is 0 Å². The number of carbonyl (C=O) groups excluding carboxylic acids is 2. The predicted molar refractivity (Wildman–Crippen MR) is 82.5 cm³/mol. The highest BCUT2D eigenvalue weighted by molar-refractivity contribution is 6.33. The van der Waals surface area contributed by atoms with Gasteiger partial charge in [0.25, 0.3) is 0 Å². The lowest BCUT2D eigenvalue weighted by Crippen LogP contribution is -2.11. The van der Waals surface area contributed by atoms with E-state index in [0.717, 1.165) is 0 Å². The van der Waals surface area contributed by atoms with E-state index >= 15 is 0 Å². The number of hydrogen-bond acceptors (Lipinski definition) is 6. The number of benzene rings is 1. The largest absolute Gasteiger partial charge is 0.510 e. The van der Waals surface area contributed by atoms with Gasteiger partial charge in [0.1, 0.15) is 5.76 Å². The first-order chi connectivity index (χ1) is 10.2. The Morgan fingerprint density at radius 3 is 2.41 bits per heavy atom. The Bertz CT molecular complexity index is 647. The van der Waals surface area contributed by atoms with Crippen molar-refractivity contribution < 1.29 is 19.4 Å². The molecule has 0 heterocycles. The summed E-state index contributed by atoms with van der Waals surface area (Å²) < 4.78 is 5.08. The topological polar surface area (TPSA) is 88.3 Å². The Hall–Kier alpha value is -2.21. The summed E-state index contributed by atoms with van der Waals surface area (Å²) in [7, 11) is 0. The number of allylic oxidation sites excluding steroid dienone is 2. The van der Waals surface area contributed by atoms with Gasteiger partial charge in [-0.15, -0.1) is 5.11 Å². The number of esters is 1. The van der Waals surface area contributed by atoms with Gasteiger partial charge in [0, 0.05) is 6.92 Å². The molecule has 0 aliphatic heterocycles. The van der Waals surface area contributed by atoms with E-state index in [2.05, 4.69) is 10.2 Å². The molecule has 1 N–H and O–H groups in total. The van der Waals surface area contributed by atoms with Gasteiger partial charge in [0.15, 0.2) is 11.5 Å². The van der Waals surface area contributed by atoms with Gasteiger partial charge in [-0.2, -0.15) is 5.11 Å². The summed E-state index contributed by atoms with van der Waals surface area (Å²) in [6, 6.07) is 4.42. The number of carbonyl (C=O) groups is 2. The van der Waals surface area contributed by atoms with Crippen molar-refractivity contribution >= 4 is 29.0 Å².